The maximum absolute atomic E-state index is 12.4. The molecular formula is C18H20ClN3O4S. The summed E-state index contributed by atoms with van der Waals surface area (Å²) in [5.41, 5.74) is 0.531. The maximum atomic E-state index is 12.4. The van der Waals surface area contributed by atoms with Crippen LogP contribution in [-0.4, -0.2) is 56.7 Å². The number of piperazine rings is 1. The molecule has 0 radical (unpaired) electrons. The third-order valence-corrected chi connectivity index (χ3v) is 6.57. The summed E-state index contributed by atoms with van der Waals surface area (Å²) in [6.45, 7) is 2.91. The van der Waals surface area contributed by atoms with Crippen molar-refractivity contribution in [2.75, 3.05) is 43.4 Å². The minimum atomic E-state index is -3.31. The Morgan fingerprint density at radius 2 is 1.70 bits per heavy atom. The number of nitro benzene ring substituents is 1. The Labute approximate surface area is 163 Å². The van der Waals surface area contributed by atoms with Crippen molar-refractivity contribution in [3.8, 4) is 0 Å². The second-order valence-electron chi connectivity index (χ2n) is 6.35. The fourth-order valence-corrected chi connectivity index (χ4v) is 4.59. The molecule has 2 aromatic rings. The van der Waals surface area contributed by atoms with Crippen LogP contribution in [0.2, 0.25) is 5.02 Å². The molecule has 0 spiro atoms. The molecule has 0 saturated carbocycles. The molecule has 3 rings (SSSR count). The van der Waals surface area contributed by atoms with Gasteiger partial charge in [-0.1, -0.05) is 29.8 Å². The van der Waals surface area contributed by atoms with E-state index in [9.17, 15) is 18.5 Å². The van der Waals surface area contributed by atoms with Crippen LogP contribution < -0.4 is 4.90 Å². The predicted octanol–water partition coefficient (Wildman–Crippen LogP) is 2.84. The normalized spacial score (nSPS) is 15.7. The largest absolute Gasteiger partial charge is 0.363 e. The molecule has 9 heteroatoms. The first-order chi connectivity index (χ1) is 12.9. The molecule has 0 unspecified atom stereocenters. The highest BCUT2D eigenvalue weighted by Crippen LogP contribution is 2.31. The summed E-state index contributed by atoms with van der Waals surface area (Å²) in [6, 6.07) is 13.1. The number of hydrogen-bond donors (Lipinski definition) is 0. The van der Waals surface area contributed by atoms with Gasteiger partial charge in [0.2, 0.25) is 0 Å². The van der Waals surface area contributed by atoms with E-state index in [0.717, 1.165) is 0 Å². The van der Waals surface area contributed by atoms with Gasteiger partial charge in [-0.05, 0) is 24.3 Å². The molecule has 7 nitrogen and oxygen atoms in total. The molecule has 1 fully saturated rings. The van der Waals surface area contributed by atoms with E-state index < -0.39 is 14.8 Å². The predicted molar refractivity (Wildman–Crippen MR) is 105 cm³/mol. The third-order valence-electron chi connectivity index (χ3n) is 4.63. The molecule has 144 valence electrons. The van der Waals surface area contributed by atoms with Gasteiger partial charge in [-0.25, -0.2) is 8.42 Å². The lowest BCUT2D eigenvalue weighted by molar-refractivity contribution is -0.384. The second-order valence-corrected chi connectivity index (χ2v) is 8.90. The van der Waals surface area contributed by atoms with Crippen molar-refractivity contribution in [3.63, 3.8) is 0 Å². The summed E-state index contributed by atoms with van der Waals surface area (Å²) < 4.78 is 24.8. The van der Waals surface area contributed by atoms with Crippen LogP contribution in [0.15, 0.2) is 53.4 Å². The van der Waals surface area contributed by atoms with E-state index in [0.29, 0.717) is 48.3 Å². The monoisotopic (exact) mass is 409 g/mol. The lowest BCUT2D eigenvalue weighted by Gasteiger charge is -2.35. The molecular weight excluding hydrogens is 390 g/mol. The first-order valence-electron chi connectivity index (χ1n) is 8.56. The Kier molecular flexibility index (Phi) is 5.98. The number of benzene rings is 2. The van der Waals surface area contributed by atoms with Gasteiger partial charge in [-0.15, -0.1) is 0 Å². The summed E-state index contributed by atoms with van der Waals surface area (Å²) in [6.07, 6.45) is 0. The van der Waals surface area contributed by atoms with Crippen molar-refractivity contribution in [2.45, 2.75) is 4.90 Å². The van der Waals surface area contributed by atoms with Gasteiger partial charge >= 0.3 is 0 Å². The van der Waals surface area contributed by atoms with E-state index >= 15 is 0 Å². The first-order valence-corrected chi connectivity index (χ1v) is 10.6. The van der Waals surface area contributed by atoms with Crippen LogP contribution in [0.25, 0.3) is 0 Å². The standard InChI is InChI=1S/C18H20ClN3O4S/c19-15-6-7-17(18(14-15)22(23)24)21-10-8-20(9-11-21)12-13-27(25,26)16-4-2-1-3-5-16/h1-7,14H,8-13H2. The number of rotatable bonds is 6. The van der Waals surface area contributed by atoms with Crippen LogP contribution in [0.3, 0.4) is 0 Å². The van der Waals surface area contributed by atoms with Crippen LogP contribution in [0.4, 0.5) is 11.4 Å². The van der Waals surface area contributed by atoms with Crippen molar-refractivity contribution >= 4 is 32.8 Å². The number of nitrogens with zero attached hydrogens (tertiary/aromatic N) is 3. The molecule has 0 bridgehead atoms. The lowest BCUT2D eigenvalue weighted by atomic mass is 10.2. The molecule has 1 aliphatic rings. The van der Waals surface area contributed by atoms with Crippen molar-refractivity contribution < 1.29 is 13.3 Å². The van der Waals surface area contributed by atoms with Gasteiger partial charge in [0.05, 0.1) is 15.6 Å². The molecule has 1 saturated heterocycles. The van der Waals surface area contributed by atoms with Crippen molar-refractivity contribution in [1.29, 1.82) is 0 Å². The SMILES string of the molecule is O=[N+]([O-])c1cc(Cl)ccc1N1CCN(CCS(=O)(=O)c2ccccc2)CC1. The molecule has 0 N–H and O–H groups in total. The highest BCUT2D eigenvalue weighted by Gasteiger charge is 2.25. The first kappa shape index (κ1) is 19.6. The fourth-order valence-electron chi connectivity index (χ4n) is 3.12. The van der Waals surface area contributed by atoms with E-state index in [1.54, 1.807) is 42.5 Å². The quantitative estimate of drug-likeness (QED) is 0.538. The van der Waals surface area contributed by atoms with Crippen LogP contribution in [0.5, 0.6) is 0 Å². The number of hydrogen-bond acceptors (Lipinski definition) is 6. The molecule has 0 amide bonds. The summed E-state index contributed by atoms with van der Waals surface area (Å²) in [7, 11) is -3.31. The number of sulfone groups is 1. The minimum absolute atomic E-state index is 0.0115. The van der Waals surface area contributed by atoms with Gasteiger partial charge in [0.25, 0.3) is 5.69 Å². The number of nitro groups is 1. The summed E-state index contributed by atoms with van der Waals surface area (Å²) in [5, 5.41) is 11.6. The van der Waals surface area contributed by atoms with Crippen molar-refractivity contribution in [2.24, 2.45) is 0 Å². The molecule has 2 aromatic carbocycles. The molecule has 1 heterocycles. The van der Waals surface area contributed by atoms with E-state index in [1.807, 2.05) is 4.90 Å². The average molecular weight is 410 g/mol. The zero-order chi connectivity index (χ0) is 19.4. The molecule has 0 atom stereocenters. The van der Waals surface area contributed by atoms with Gasteiger partial charge < -0.3 is 4.90 Å². The average Bonchev–Trinajstić information content (AvgIpc) is 2.67. The Morgan fingerprint density at radius 1 is 1.04 bits per heavy atom. The third kappa shape index (κ3) is 4.77. The minimum Gasteiger partial charge on any atom is -0.363 e. The zero-order valence-corrected chi connectivity index (χ0v) is 16.2. The van der Waals surface area contributed by atoms with Gasteiger partial charge in [0.15, 0.2) is 9.84 Å². The van der Waals surface area contributed by atoms with E-state index in [1.165, 1.54) is 6.07 Å². The van der Waals surface area contributed by atoms with Crippen LogP contribution in [0, 0.1) is 10.1 Å². The summed E-state index contributed by atoms with van der Waals surface area (Å²) in [4.78, 5) is 15.2. The fraction of sp³-hybridized carbons (Fsp3) is 0.333. The molecule has 27 heavy (non-hydrogen) atoms. The Balaban J connectivity index is 1.59. The Bertz CT molecular complexity index is 913. The van der Waals surface area contributed by atoms with Crippen molar-refractivity contribution in [1.82, 2.24) is 4.90 Å². The van der Waals surface area contributed by atoms with E-state index in [2.05, 4.69) is 4.90 Å². The number of anilines is 1. The molecule has 1 aliphatic heterocycles. The van der Waals surface area contributed by atoms with Crippen LogP contribution >= 0.6 is 11.6 Å². The van der Waals surface area contributed by atoms with Crippen molar-refractivity contribution in [3.05, 3.63) is 63.7 Å². The van der Waals surface area contributed by atoms with Gasteiger partial charge in [-0.3, -0.25) is 15.0 Å². The lowest BCUT2D eigenvalue weighted by Crippen LogP contribution is -2.47. The molecule has 0 aromatic heterocycles. The molecule has 0 aliphatic carbocycles. The van der Waals surface area contributed by atoms with Gasteiger partial charge in [0.1, 0.15) is 5.69 Å². The zero-order valence-electron chi connectivity index (χ0n) is 14.6. The smallest absolute Gasteiger partial charge is 0.294 e. The second kappa shape index (κ2) is 8.24. The Morgan fingerprint density at radius 3 is 2.33 bits per heavy atom. The van der Waals surface area contributed by atoms with E-state index in [-0.39, 0.29) is 11.4 Å². The summed E-state index contributed by atoms with van der Waals surface area (Å²) in [5.74, 6) is 0.0537. The van der Waals surface area contributed by atoms with Crippen LogP contribution in [-0.2, 0) is 9.84 Å². The summed E-state index contributed by atoms with van der Waals surface area (Å²) >= 11 is 5.87. The van der Waals surface area contributed by atoms with Gasteiger partial charge in [0, 0.05) is 43.8 Å². The maximum Gasteiger partial charge on any atom is 0.294 e. The van der Waals surface area contributed by atoms with Crippen LogP contribution in [0.1, 0.15) is 0 Å². The van der Waals surface area contributed by atoms with Gasteiger partial charge in [-0.2, -0.15) is 0 Å². The highest BCUT2D eigenvalue weighted by atomic mass is 35.5. The Hall–Kier alpha value is -2.16. The van der Waals surface area contributed by atoms with E-state index in [4.69, 9.17) is 11.6 Å². The highest BCUT2D eigenvalue weighted by molar-refractivity contribution is 7.91. The topological polar surface area (TPSA) is 83.8 Å². The number of halogens is 1.